The lowest BCUT2D eigenvalue weighted by atomic mass is 9.59. The first-order valence-electron chi connectivity index (χ1n) is 10.9. The van der Waals surface area contributed by atoms with Crippen LogP contribution in [0.4, 0.5) is 17.6 Å². The molecule has 2 heterocycles. The van der Waals surface area contributed by atoms with Crippen molar-refractivity contribution in [1.82, 2.24) is 9.97 Å². The van der Waals surface area contributed by atoms with Gasteiger partial charge in [-0.15, -0.1) is 0 Å². The number of pyridine rings is 1. The number of nitrogens with one attached hydrogen (secondary N) is 1. The van der Waals surface area contributed by atoms with Crippen molar-refractivity contribution in [2.75, 3.05) is 13.8 Å². The minimum absolute atomic E-state index is 0.0912. The second-order valence-corrected chi connectivity index (χ2v) is 8.88. The van der Waals surface area contributed by atoms with Crippen LogP contribution >= 0.6 is 0 Å². The average Bonchev–Trinajstić information content (AvgIpc) is 3.24. The predicted octanol–water partition coefficient (Wildman–Crippen LogP) is 6.08. The normalized spacial score (nSPS) is 16.1. The molecule has 3 rings (SSSR count). The van der Waals surface area contributed by atoms with Crippen LogP contribution in [0, 0.1) is 5.82 Å². The number of rotatable bonds is 10. The largest absolute Gasteiger partial charge is 0.496 e. The second-order valence-electron chi connectivity index (χ2n) is 8.88. The van der Waals surface area contributed by atoms with Gasteiger partial charge in [0.05, 0.1) is 25.5 Å². The summed E-state index contributed by atoms with van der Waals surface area (Å²) in [4.78, 5) is 7.20. The van der Waals surface area contributed by atoms with Crippen LogP contribution in [0.5, 0.6) is 5.75 Å². The number of benzene rings is 1. The number of ether oxygens (including phenoxy) is 1. The smallest absolute Gasteiger partial charge is 0.267 e. The number of aliphatic hydroxyl groups is 1. The molecule has 2 atom stereocenters. The van der Waals surface area contributed by atoms with Gasteiger partial charge in [-0.05, 0) is 49.6 Å². The monoisotopic (exact) mass is 466 g/mol. The standard InChI is InChI=1S/C25H30F4N2O2/c1-5-24(6-2,21-11-16-9-10-30-13-19(16)31-21)25(32,22(28)29)14-23(3,15-26)18-12-17(27)7-8-20(18)33-4/h7-13,22,31-32H,5-6,14-15H2,1-4H3. The zero-order chi connectivity index (χ0) is 24.4. The molecule has 0 spiro atoms. The van der Waals surface area contributed by atoms with Crippen LogP contribution in [0.15, 0.2) is 42.7 Å². The maximum atomic E-state index is 14.8. The molecule has 4 nitrogen and oxygen atoms in total. The summed E-state index contributed by atoms with van der Waals surface area (Å²) in [6.45, 7) is 3.75. The Bertz CT molecular complexity index is 1070. The van der Waals surface area contributed by atoms with Crippen molar-refractivity contribution in [3.8, 4) is 5.75 Å². The number of fused-ring (bicyclic) bond motifs is 1. The van der Waals surface area contributed by atoms with E-state index in [1.54, 1.807) is 38.4 Å². The van der Waals surface area contributed by atoms with Crippen molar-refractivity contribution in [2.24, 2.45) is 0 Å². The van der Waals surface area contributed by atoms with E-state index in [1.807, 2.05) is 0 Å². The van der Waals surface area contributed by atoms with Gasteiger partial charge in [0.15, 0.2) is 0 Å². The number of halogens is 4. The molecule has 0 radical (unpaired) electrons. The van der Waals surface area contributed by atoms with Crippen molar-refractivity contribution in [3.05, 3.63) is 59.8 Å². The average molecular weight is 467 g/mol. The quantitative estimate of drug-likeness (QED) is 0.356. The number of hydrogen-bond acceptors (Lipinski definition) is 3. The number of aromatic amines is 1. The fraction of sp³-hybridized carbons (Fsp3) is 0.480. The second kappa shape index (κ2) is 9.33. The van der Waals surface area contributed by atoms with Crippen LogP contribution in [-0.2, 0) is 10.8 Å². The Morgan fingerprint density at radius 3 is 2.39 bits per heavy atom. The van der Waals surface area contributed by atoms with Gasteiger partial charge in [0.2, 0.25) is 0 Å². The highest BCUT2D eigenvalue weighted by molar-refractivity contribution is 5.79. The molecule has 0 saturated heterocycles. The van der Waals surface area contributed by atoms with Crippen molar-refractivity contribution >= 4 is 10.9 Å². The number of hydrogen-bond donors (Lipinski definition) is 2. The number of alkyl halides is 3. The minimum atomic E-state index is -3.20. The highest BCUT2D eigenvalue weighted by Gasteiger charge is 2.59. The zero-order valence-electron chi connectivity index (χ0n) is 19.3. The molecule has 2 aromatic heterocycles. The number of aromatic nitrogens is 2. The molecule has 0 bridgehead atoms. The molecular formula is C25H30F4N2O2. The van der Waals surface area contributed by atoms with Gasteiger partial charge in [-0.25, -0.2) is 13.2 Å². The molecule has 33 heavy (non-hydrogen) atoms. The van der Waals surface area contributed by atoms with E-state index in [0.717, 1.165) is 17.5 Å². The molecule has 0 amide bonds. The fourth-order valence-corrected chi connectivity index (χ4v) is 5.12. The number of methoxy groups -OCH3 is 1. The van der Waals surface area contributed by atoms with E-state index in [1.165, 1.54) is 20.1 Å². The third-order valence-corrected chi connectivity index (χ3v) is 7.10. The summed E-state index contributed by atoms with van der Waals surface area (Å²) < 4.78 is 63.6. The molecule has 2 N–H and O–H groups in total. The topological polar surface area (TPSA) is 58.1 Å². The highest BCUT2D eigenvalue weighted by Crippen LogP contribution is 2.51. The zero-order valence-corrected chi connectivity index (χ0v) is 19.3. The van der Waals surface area contributed by atoms with Gasteiger partial charge in [0.25, 0.3) is 6.43 Å². The number of nitrogens with zero attached hydrogens (tertiary/aromatic N) is 1. The van der Waals surface area contributed by atoms with E-state index < -0.39 is 41.8 Å². The van der Waals surface area contributed by atoms with E-state index in [0.29, 0.717) is 11.2 Å². The van der Waals surface area contributed by atoms with E-state index >= 15 is 0 Å². The third-order valence-electron chi connectivity index (χ3n) is 7.10. The van der Waals surface area contributed by atoms with Gasteiger partial charge in [0, 0.05) is 33.7 Å². The van der Waals surface area contributed by atoms with E-state index in [9.17, 15) is 22.7 Å². The molecule has 3 aromatic rings. The molecular weight excluding hydrogens is 436 g/mol. The Morgan fingerprint density at radius 1 is 1.15 bits per heavy atom. The van der Waals surface area contributed by atoms with Crippen molar-refractivity contribution in [1.29, 1.82) is 0 Å². The molecule has 0 aliphatic carbocycles. The van der Waals surface area contributed by atoms with Crippen molar-refractivity contribution in [3.63, 3.8) is 0 Å². The first-order valence-corrected chi connectivity index (χ1v) is 10.9. The molecule has 1 aromatic carbocycles. The molecule has 8 heteroatoms. The van der Waals surface area contributed by atoms with E-state index in [2.05, 4.69) is 9.97 Å². The van der Waals surface area contributed by atoms with Crippen molar-refractivity contribution in [2.45, 2.75) is 62.9 Å². The summed E-state index contributed by atoms with van der Waals surface area (Å²) in [5.74, 6) is -0.477. The Labute approximate surface area is 191 Å². The lowest BCUT2D eigenvalue weighted by molar-refractivity contribution is -0.165. The minimum Gasteiger partial charge on any atom is -0.496 e. The van der Waals surface area contributed by atoms with Crippen LogP contribution in [0.25, 0.3) is 10.9 Å². The van der Waals surface area contributed by atoms with Crippen LogP contribution < -0.4 is 4.74 Å². The molecule has 0 saturated carbocycles. The van der Waals surface area contributed by atoms with Crippen LogP contribution in [-0.4, -0.2) is 40.9 Å². The third kappa shape index (κ3) is 4.09. The lowest BCUT2D eigenvalue weighted by Gasteiger charge is -2.49. The summed E-state index contributed by atoms with van der Waals surface area (Å²) in [5, 5.41) is 12.5. The fourth-order valence-electron chi connectivity index (χ4n) is 5.12. The Balaban J connectivity index is 2.21. The van der Waals surface area contributed by atoms with Gasteiger partial charge in [0.1, 0.15) is 17.2 Å². The summed E-state index contributed by atoms with van der Waals surface area (Å²) in [6.07, 6.45) is -0.356. The summed E-state index contributed by atoms with van der Waals surface area (Å²) >= 11 is 0. The van der Waals surface area contributed by atoms with Crippen LogP contribution in [0.1, 0.15) is 51.3 Å². The Kier molecular flexibility index (Phi) is 7.07. The maximum Gasteiger partial charge on any atom is 0.267 e. The Hall–Kier alpha value is -2.61. The van der Waals surface area contributed by atoms with Crippen molar-refractivity contribution < 1.29 is 27.4 Å². The molecule has 0 fully saturated rings. The molecule has 0 aliphatic heterocycles. The van der Waals surface area contributed by atoms with Crippen LogP contribution in [0.2, 0.25) is 0 Å². The number of H-pyrrole nitrogens is 1. The van der Waals surface area contributed by atoms with Crippen LogP contribution in [0.3, 0.4) is 0 Å². The van der Waals surface area contributed by atoms with E-state index in [4.69, 9.17) is 4.74 Å². The lowest BCUT2D eigenvalue weighted by Crippen LogP contribution is -2.59. The van der Waals surface area contributed by atoms with Gasteiger partial charge < -0.3 is 14.8 Å². The molecule has 0 aliphatic rings. The van der Waals surface area contributed by atoms with Gasteiger partial charge in [-0.2, -0.15) is 0 Å². The SMILES string of the molecule is CCC(CC)(c1cc2ccncc2[nH]1)C(O)(CC(C)(CF)c1cc(F)ccc1OC)C(F)F. The van der Waals surface area contributed by atoms with E-state index in [-0.39, 0.29) is 24.2 Å². The van der Waals surface area contributed by atoms with Gasteiger partial charge in [-0.1, -0.05) is 20.8 Å². The molecule has 2 unspecified atom stereocenters. The summed E-state index contributed by atoms with van der Waals surface area (Å²) in [5.41, 5.74) is -4.54. The van der Waals surface area contributed by atoms with Gasteiger partial charge >= 0.3 is 0 Å². The highest BCUT2D eigenvalue weighted by atomic mass is 19.3. The maximum absolute atomic E-state index is 14.8. The first-order chi connectivity index (χ1) is 15.6. The summed E-state index contributed by atoms with van der Waals surface area (Å²) in [7, 11) is 1.34. The Morgan fingerprint density at radius 2 is 1.85 bits per heavy atom. The molecule has 180 valence electrons. The van der Waals surface area contributed by atoms with Gasteiger partial charge in [-0.3, -0.25) is 9.37 Å². The summed E-state index contributed by atoms with van der Waals surface area (Å²) in [6, 6.07) is 7.04. The first kappa shape index (κ1) is 25.0. The predicted molar refractivity (Wildman–Crippen MR) is 120 cm³/mol.